The lowest BCUT2D eigenvalue weighted by atomic mass is 11.0. The highest BCUT2D eigenvalue weighted by Crippen LogP contribution is 1.77. The number of rotatable bonds is 2. The van der Waals surface area contributed by atoms with Crippen molar-refractivity contribution in [1.29, 1.82) is 0 Å². The molecule has 0 N–H and O–H groups in total. The molecule has 0 fully saturated rings. The van der Waals surface area contributed by atoms with E-state index in [-0.39, 0.29) is 0 Å². The number of hydrogen-bond donors (Lipinski definition) is 0. The summed E-state index contributed by atoms with van der Waals surface area (Å²) in [7, 11) is 0. The van der Waals surface area contributed by atoms with Crippen LogP contribution >= 0.6 is 0 Å². The Morgan fingerprint density at radius 1 is 0.909 bits per heavy atom. The molecule has 0 amide bonds. The van der Waals surface area contributed by atoms with E-state index in [0.717, 1.165) is 9.69 Å². The van der Waals surface area contributed by atoms with Crippen molar-refractivity contribution in [2.24, 2.45) is 0 Å². The van der Waals surface area contributed by atoms with Crippen LogP contribution in [0.4, 0.5) is 0 Å². The van der Waals surface area contributed by atoms with E-state index in [2.05, 4.69) is 20.6 Å². The van der Waals surface area contributed by atoms with E-state index < -0.39 is 0 Å². The molecule has 56 valence electrons. The quantitative estimate of drug-likeness (QED) is 0.538. The standard InChI is InChI=1S/C4H4N6O/c1-3-9(7-5-1)11-10-4-2-6-8-10/h1-4H. The molecule has 0 aliphatic carbocycles. The van der Waals surface area contributed by atoms with Crippen molar-refractivity contribution >= 4 is 0 Å². The van der Waals surface area contributed by atoms with E-state index in [4.69, 9.17) is 4.94 Å². The van der Waals surface area contributed by atoms with E-state index in [0.29, 0.717) is 0 Å². The van der Waals surface area contributed by atoms with E-state index in [9.17, 15) is 0 Å². The fraction of sp³-hybridized carbons (Fsp3) is 0. The zero-order valence-electron chi connectivity index (χ0n) is 5.40. The van der Waals surface area contributed by atoms with Gasteiger partial charge in [-0.2, -0.15) is 0 Å². The topological polar surface area (TPSA) is 70.7 Å². The van der Waals surface area contributed by atoms with Crippen LogP contribution in [0, 0.1) is 0 Å². The van der Waals surface area contributed by atoms with Crippen LogP contribution in [0.25, 0.3) is 0 Å². The minimum Gasteiger partial charge on any atom is -0.244 e. The van der Waals surface area contributed by atoms with Crippen molar-refractivity contribution in [3.05, 3.63) is 24.8 Å². The predicted octanol–water partition coefficient (Wildman–Crippen LogP) is -1.24. The second-order valence-corrected chi connectivity index (χ2v) is 1.69. The van der Waals surface area contributed by atoms with Gasteiger partial charge in [0.05, 0.1) is 24.8 Å². The highest BCUT2D eigenvalue weighted by Gasteiger charge is 1.92. The van der Waals surface area contributed by atoms with Gasteiger partial charge in [0.15, 0.2) is 0 Å². The van der Waals surface area contributed by atoms with Crippen LogP contribution in [0.2, 0.25) is 0 Å². The normalized spacial score (nSPS) is 9.82. The summed E-state index contributed by atoms with van der Waals surface area (Å²) in [6, 6.07) is 0. The Kier molecular flexibility index (Phi) is 1.26. The van der Waals surface area contributed by atoms with Gasteiger partial charge in [0.25, 0.3) is 0 Å². The first-order valence-electron chi connectivity index (χ1n) is 2.86. The Morgan fingerprint density at radius 3 is 1.82 bits per heavy atom. The Hall–Kier alpha value is -1.92. The molecule has 7 heteroatoms. The third-order valence-electron chi connectivity index (χ3n) is 0.969. The lowest BCUT2D eigenvalue weighted by Crippen LogP contribution is -2.19. The molecule has 0 aliphatic rings. The fourth-order valence-electron chi connectivity index (χ4n) is 0.568. The number of nitrogens with zero attached hydrogens (tertiary/aromatic N) is 6. The summed E-state index contributed by atoms with van der Waals surface area (Å²) >= 11 is 0. The maximum absolute atomic E-state index is 4.94. The maximum Gasteiger partial charge on any atom is 0.0901 e. The largest absolute Gasteiger partial charge is 0.244 e. The van der Waals surface area contributed by atoms with E-state index in [1.807, 2.05) is 0 Å². The van der Waals surface area contributed by atoms with Gasteiger partial charge in [0.1, 0.15) is 0 Å². The van der Waals surface area contributed by atoms with Crippen LogP contribution in [0.1, 0.15) is 0 Å². The Labute approximate surface area is 61.1 Å². The molecular weight excluding hydrogens is 148 g/mol. The molecule has 7 nitrogen and oxygen atoms in total. The van der Waals surface area contributed by atoms with Crippen molar-refractivity contribution in [2.75, 3.05) is 0 Å². The van der Waals surface area contributed by atoms with Gasteiger partial charge in [-0.05, 0) is 10.4 Å². The van der Waals surface area contributed by atoms with Gasteiger partial charge in [-0.3, -0.25) is 0 Å². The third kappa shape index (κ3) is 1.16. The molecule has 2 rings (SSSR count). The van der Waals surface area contributed by atoms with Crippen molar-refractivity contribution in [1.82, 2.24) is 30.3 Å². The first-order valence-corrected chi connectivity index (χ1v) is 2.86. The Balaban J connectivity index is 2.14. The van der Waals surface area contributed by atoms with Crippen molar-refractivity contribution in [3.8, 4) is 0 Å². The van der Waals surface area contributed by atoms with E-state index in [1.165, 1.54) is 12.4 Å². The summed E-state index contributed by atoms with van der Waals surface area (Å²) in [5.74, 6) is 0. The fourth-order valence-corrected chi connectivity index (χ4v) is 0.568. The molecule has 0 spiro atoms. The van der Waals surface area contributed by atoms with Gasteiger partial charge in [0.2, 0.25) is 0 Å². The molecule has 0 aromatic carbocycles. The minimum atomic E-state index is 1.16. The molecule has 0 unspecified atom stereocenters. The minimum absolute atomic E-state index is 1.16. The van der Waals surface area contributed by atoms with Crippen LogP contribution in [0.3, 0.4) is 0 Å². The molecule has 0 aliphatic heterocycles. The summed E-state index contributed by atoms with van der Waals surface area (Å²) in [6.45, 7) is 0. The SMILES string of the molecule is c1cn(On2ccnn2)nn1. The van der Waals surface area contributed by atoms with Crippen LogP contribution in [0.15, 0.2) is 24.8 Å². The lowest BCUT2D eigenvalue weighted by molar-refractivity contribution is -0.0147. The highest BCUT2D eigenvalue weighted by atomic mass is 16.8. The monoisotopic (exact) mass is 152 g/mol. The summed E-state index contributed by atoms with van der Waals surface area (Å²) in [6.07, 6.45) is 6.08. The van der Waals surface area contributed by atoms with Gasteiger partial charge < -0.3 is 0 Å². The molecule has 11 heavy (non-hydrogen) atoms. The van der Waals surface area contributed by atoms with Gasteiger partial charge in [0, 0.05) is 0 Å². The summed E-state index contributed by atoms with van der Waals surface area (Å²) in [5.41, 5.74) is 0. The summed E-state index contributed by atoms with van der Waals surface area (Å²) < 4.78 is 0. The summed E-state index contributed by atoms with van der Waals surface area (Å²) in [5, 5.41) is 14.2. The van der Waals surface area contributed by atoms with Crippen LogP contribution in [0.5, 0.6) is 0 Å². The zero-order chi connectivity index (χ0) is 7.52. The number of aromatic nitrogens is 6. The molecular formula is C4H4N6O. The van der Waals surface area contributed by atoms with Crippen LogP contribution < -0.4 is 4.94 Å². The average Bonchev–Trinajstić information content (AvgIpc) is 2.60. The van der Waals surface area contributed by atoms with Crippen molar-refractivity contribution in [2.45, 2.75) is 0 Å². The van der Waals surface area contributed by atoms with E-state index in [1.54, 1.807) is 12.4 Å². The molecule has 0 saturated heterocycles. The second-order valence-electron chi connectivity index (χ2n) is 1.69. The van der Waals surface area contributed by atoms with Gasteiger partial charge >= 0.3 is 0 Å². The number of hydrogen-bond acceptors (Lipinski definition) is 5. The van der Waals surface area contributed by atoms with E-state index >= 15 is 0 Å². The van der Waals surface area contributed by atoms with Gasteiger partial charge in [-0.15, -0.1) is 10.2 Å². The van der Waals surface area contributed by atoms with Crippen LogP contribution in [-0.2, 0) is 0 Å². The van der Waals surface area contributed by atoms with Crippen molar-refractivity contribution in [3.63, 3.8) is 0 Å². The smallest absolute Gasteiger partial charge is 0.0901 e. The molecule has 2 heterocycles. The first kappa shape index (κ1) is 5.83. The Bertz CT molecular complexity index is 267. The molecule has 0 radical (unpaired) electrons. The first-order chi connectivity index (χ1) is 5.45. The molecule has 0 bridgehead atoms. The summed E-state index contributed by atoms with van der Waals surface area (Å²) in [4.78, 5) is 7.27. The molecule has 2 aromatic rings. The zero-order valence-corrected chi connectivity index (χ0v) is 5.40. The predicted molar refractivity (Wildman–Crippen MR) is 32.0 cm³/mol. The van der Waals surface area contributed by atoms with Crippen LogP contribution in [-0.4, -0.2) is 30.3 Å². The lowest BCUT2D eigenvalue weighted by Gasteiger charge is -1.97. The molecule has 2 aromatic heterocycles. The third-order valence-corrected chi connectivity index (χ3v) is 0.969. The van der Waals surface area contributed by atoms with Crippen molar-refractivity contribution < 1.29 is 4.94 Å². The maximum atomic E-state index is 4.94. The second kappa shape index (κ2) is 2.37. The average molecular weight is 152 g/mol. The highest BCUT2D eigenvalue weighted by molar-refractivity contribution is 4.61. The van der Waals surface area contributed by atoms with Gasteiger partial charge in [-0.1, -0.05) is 9.69 Å². The molecule has 0 saturated carbocycles. The van der Waals surface area contributed by atoms with Gasteiger partial charge in [-0.25, -0.2) is 4.94 Å². The molecule has 0 atom stereocenters. The Morgan fingerprint density at radius 2 is 1.45 bits per heavy atom.